The highest BCUT2D eigenvalue weighted by Gasteiger charge is 2.33. The lowest BCUT2D eigenvalue weighted by molar-refractivity contribution is -0.0378. The minimum atomic E-state index is -0.263. The van der Waals surface area contributed by atoms with Crippen LogP contribution in [0.15, 0.2) is 30.3 Å². The average molecular weight is 441 g/mol. The molecule has 1 aromatic carbocycles. The normalized spacial score (nSPS) is 18.4. The van der Waals surface area contributed by atoms with Gasteiger partial charge in [0.2, 0.25) is 0 Å². The van der Waals surface area contributed by atoms with Crippen LogP contribution >= 0.6 is 23.2 Å². The molecule has 164 valence electrons. The number of rotatable bonds is 16. The smallest absolute Gasteiger partial charge is 0.123 e. The monoisotopic (exact) mass is 440 g/mol. The fraction of sp³-hybridized carbons (Fsp3) is 0.680. The van der Waals surface area contributed by atoms with E-state index in [1.165, 1.54) is 49.7 Å². The number of halogens is 2. The Balaban J connectivity index is 1.80. The van der Waals surface area contributed by atoms with E-state index in [9.17, 15) is 0 Å². The summed E-state index contributed by atoms with van der Waals surface area (Å²) in [4.78, 5) is 0. The number of ether oxygens (including phenoxy) is 2. The highest BCUT2D eigenvalue weighted by Crippen LogP contribution is 2.40. The van der Waals surface area contributed by atoms with Crippen LogP contribution in [0, 0.1) is 0 Å². The van der Waals surface area contributed by atoms with Gasteiger partial charge in [-0.1, -0.05) is 62.8 Å². The third-order valence-electron chi connectivity index (χ3n) is 5.67. The van der Waals surface area contributed by atoms with Crippen molar-refractivity contribution in [3.63, 3.8) is 0 Å². The van der Waals surface area contributed by atoms with Crippen LogP contribution in [0.25, 0.3) is 5.76 Å². The van der Waals surface area contributed by atoms with Crippen LogP contribution in [0.2, 0.25) is 0 Å². The quantitative estimate of drug-likeness (QED) is 0.191. The van der Waals surface area contributed by atoms with Gasteiger partial charge in [0.1, 0.15) is 5.76 Å². The molecule has 0 aromatic heterocycles. The molecule has 1 atom stereocenters. The summed E-state index contributed by atoms with van der Waals surface area (Å²) in [6.07, 6.45) is 14.9. The van der Waals surface area contributed by atoms with E-state index >= 15 is 0 Å². The van der Waals surface area contributed by atoms with Gasteiger partial charge in [-0.3, -0.25) is 0 Å². The van der Waals surface area contributed by atoms with Crippen molar-refractivity contribution in [3.8, 4) is 0 Å². The Morgan fingerprint density at radius 3 is 2.07 bits per heavy atom. The Morgan fingerprint density at radius 1 is 0.793 bits per heavy atom. The molecule has 1 aliphatic rings. The molecule has 2 nitrogen and oxygen atoms in total. The molecule has 0 aliphatic heterocycles. The maximum Gasteiger partial charge on any atom is 0.123 e. The van der Waals surface area contributed by atoms with Crippen LogP contribution in [0.4, 0.5) is 0 Å². The van der Waals surface area contributed by atoms with Gasteiger partial charge in [-0.25, -0.2) is 0 Å². The zero-order valence-corrected chi connectivity index (χ0v) is 19.6. The molecular formula is C25H38Cl2O2. The first kappa shape index (κ1) is 24.6. The number of alkyl halides is 2. The fourth-order valence-corrected chi connectivity index (χ4v) is 4.25. The lowest BCUT2D eigenvalue weighted by Gasteiger charge is -2.35. The van der Waals surface area contributed by atoms with Gasteiger partial charge in [-0.15, -0.1) is 23.2 Å². The first-order chi connectivity index (χ1) is 14.2. The van der Waals surface area contributed by atoms with Crippen molar-refractivity contribution < 1.29 is 9.47 Å². The Morgan fingerprint density at radius 2 is 1.38 bits per heavy atom. The molecule has 0 N–H and O–H groups in total. The molecule has 0 radical (unpaired) electrons. The van der Waals surface area contributed by atoms with E-state index in [1.54, 1.807) is 0 Å². The first-order valence-corrected chi connectivity index (χ1v) is 12.5. The molecule has 4 heteroatoms. The molecule has 1 unspecified atom stereocenters. The molecule has 0 fully saturated rings. The van der Waals surface area contributed by atoms with E-state index in [-0.39, 0.29) is 5.60 Å². The van der Waals surface area contributed by atoms with Gasteiger partial charge in [-0.05, 0) is 44.2 Å². The molecule has 0 spiro atoms. The number of fused-ring (bicyclic) bond motifs is 1. The molecular weight excluding hydrogens is 403 g/mol. The molecule has 2 rings (SSSR count). The second-order valence-corrected chi connectivity index (χ2v) is 8.92. The molecule has 0 saturated carbocycles. The van der Waals surface area contributed by atoms with Gasteiger partial charge in [-0.2, -0.15) is 0 Å². The van der Waals surface area contributed by atoms with E-state index in [1.807, 2.05) is 0 Å². The molecule has 0 heterocycles. The Labute approximate surface area is 188 Å². The van der Waals surface area contributed by atoms with Crippen LogP contribution in [-0.2, 0) is 15.1 Å². The summed E-state index contributed by atoms with van der Waals surface area (Å²) in [5.74, 6) is 2.56. The van der Waals surface area contributed by atoms with Gasteiger partial charge in [0.05, 0.1) is 12.2 Å². The predicted octanol–water partition coefficient (Wildman–Crippen LogP) is 8.06. The number of unbranched alkanes of at least 4 members (excludes halogenated alkanes) is 8. The van der Waals surface area contributed by atoms with E-state index in [4.69, 9.17) is 32.7 Å². The minimum absolute atomic E-state index is 0.263. The van der Waals surface area contributed by atoms with Crippen LogP contribution in [-0.4, -0.2) is 25.0 Å². The van der Waals surface area contributed by atoms with Gasteiger partial charge < -0.3 is 9.47 Å². The third kappa shape index (κ3) is 8.52. The Hall–Kier alpha value is -0.700. The topological polar surface area (TPSA) is 18.5 Å². The molecule has 0 bridgehead atoms. The predicted molar refractivity (Wildman–Crippen MR) is 126 cm³/mol. The molecule has 1 aromatic rings. The molecule has 1 aliphatic carbocycles. The lowest BCUT2D eigenvalue weighted by Crippen LogP contribution is -2.30. The maximum absolute atomic E-state index is 6.40. The van der Waals surface area contributed by atoms with Crippen molar-refractivity contribution in [1.29, 1.82) is 0 Å². The SMILES string of the molecule is CC1(OCCCCCCCCl)CC=C(OCCCCCCCCl)c2ccccc21. The number of benzene rings is 1. The lowest BCUT2D eigenvalue weighted by atomic mass is 9.83. The summed E-state index contributed by atoms with van der Waals surface area (Å²) < 4.78 is 12.6. The third-order valence-corrected chi connectivity index (χ3v) is 6.21. The van der Waals surface area contributed by atoms with Gasteiger partial charge in [0.15, 0.2) is 0 Å². The number of hydrogen-bond acceptors (Lipinski definition) is 2. The average Bonchev–Trinajstić information content (AvgIpc) is 2.74. The largest absolute Gasteiger partial charge is 0.493 e. The second-order valence-electron chi connectivity index (χ2n) is 8.16. The van der Waals surface area contributed by atoms with E-state index < -0.39 is 0 Å². The van der Waals surface area contributed by atoms with E-state index in [2.05, 4.69) is 37.3 Å². The summed E-state index contributed by atoms with van der Waals surface area (Å²) in [6, 6.07) is 8.55. The van der Waals surface area contributed by atoms with Crippen molar-refractivity contribution in [2.75, 3.05) is 25.0 Å². The van der Waals surface area contributed by atoms with Crippen molar-refractivity contribution in [2.24, 2.45) is 0 Å². The van der Waals surface area contributed by atoms with Gasteiger partial charge >= 0.3 is 0 Å². The minimum Gasteiger partial charge on any atom is -0.493 e. The van der Waals surface area contributed by atoms with Crippen LogP contribution in [0.5, 0.6) is 0 Å². The molecule has 0 saturated heterocycles. The second kappa shape index (κ2) is 14.3. The summed E-state index contributed by atoms with van der Waals surface area (Å²) in [5.41, 5.74) is 2.17. The van der Waals surface area contributed by atoms with Crippen LogP contribution in [0.1, 0.15) is 88.7 Å². The first-order valence-electron chi connectivity index (χ1n) is 11.4. The summed E-state index contributed by atoms with van der Waals surface area (Å²) >= 11 is 11.5. The number of hydrogen-bond donors (Lipinski definition) is 0. The molecule has 29 heavy (non-hydrogen) atoms. The zero-order chi connectivity index (χ0) is 20.8. The van der Waals surface area contributed by atoms with E-state index in [0.717, 1.165) is 62.8 Å². The fourth-order valence-electron chi connectivity index (χ4n) is 3.87. The maximum atomic E-state index is 6.40. The van der Waals surface area contributed by atoms with Gasteiger partial charge in [0.25, 0.3) is 0 Å². The Kier molecular flexibility index (Phi) is 12.1. The summed E-state index contributed by atoms with van der Waals surface area (Å²) in [7, 11) is 0. The summed E-state index contributed by atoms with van der Waals surface area (Å²) in [5, 5.41) is 0. The van der Waals surface area contributed by atoms with Crippen LogP contribution < -0.4 is 0 Å². The van der Waals surface area contributed by atoms with Crippen LogP contribution in [0.3, 0.4) is 0 Å². The highest BCUT2D eigenvalue weighted by atomic mass is 35.5. The van der Waals surface area contributed by atoms with E-state index in [0.29, 0.717) is 0 Å². The van der Waals surface area contributed by atoms with Crippen molar-refractivity contribution >= 4 is 29.0 Å². The zero-order valence-electron chi connectivity index (χ0n) is 18.1. The summed E-state index contributed by atoms with van der Waals surface area (Å²) in [6.45, 7) is 3.79. The highest BCUT2D eigenvalue weighted by molar-refractivity contribution is 6.18. The Bertz CT molecular complexity index is 602. The standard InChI is InChI=1S/C25H38Cl2O2/c1-25(29-21-13-7-3-5-11-19-27)17-16-24(22-14-8-9-15-23(22)25)28-20-12-6-2-4-10-18-26/h8-9,14-16H,2-7,10-13,17-21H2,1H3. The van der Waals surface area contributed by atoms with Crippen molar-refractivity contribution in [1.82, 2.24) is 0 Å². The molecule has 0 amide bonds. The van der Waals surface area contributed by atoms with Crippen molar-refractivity contribution in [2.45, 2.75) is 83.2 Å². The van der Waals surface area contributed by atoms with Crippen molar-refractivity contribution in [3.05, 3.63) is 41.5 Å². The van der Waals surface area contributed by atoms with Gasteiger partial charge in [0, 0.05) is 30.4 Å².